The van der Waals surface area contributed by atoms with Crippen LogP contribution in [-0.4, -0.2) is 51.1 Å². The van der Waals surface area contributed by atoms with Crippen molar-refractivity contribution >= 4 is 40.2 Å². The van der Waals surface area contributed by atoms with Crippen molar-refractivity contribution in [3.05, 3.63) is 95.3 Å². The van der Waals surface area contributed by atoms with Gasteiger partial charge in [0, 0.05) is 19.1 Å². The number of anilines is 2. The number of hydrogen-bond donors (Lipinski definition) is 1. The Morgan fingerprint density at radius 1 is 1.09 bits per heavy atom. The molecule has 0 atom stereocenters. The Morgan fingerprint density at radius 2 is 1.87 bits per heavy atom. The minimum absolute atomic E-state index is 0.0787. The van der Waals surface area contributed by atoms with Crippen LogP contribution in [-0.2, 0) is 29.0 Å². The number of aromatic nitrogens is 3. The lowest BCUT2D eigenvalue weighted by molar-refractivity contribution is -0.274. The van der Waals surface area contributed by atoms with Gasteiger partial charge in [0.05, 0.1) is 29.4 Å². The maximum atomic E-state index is 14.9. The molecule has 1 fully saturated rings. The molecule has 0 aliphatic carbocycles. The van der Waals surface area contributed by atoms with Crippen molar-refractivity contribution in [3.63, 3.8) is 0 Å². The van der Waals surface area contributed by atoms with E-state index < -0.39 is 18.2 Å². The van der Waals surface area contributed by atoms with Gasteiger partial charge in [-0.1, -0.05) is 30.0 Å². The number of aryl methyl sites for hydroxylation is 3. The second kappa shape index (κ2) is 13.5. The number of amidine groups is 1. The van der Waals surface area contributed by atoms with E-state index in [-0.39, 0.29) is 34.9 Å². The number of amides is 3. The molecule has 15 heteroatoms. The third-order valence-electron chi connectivity index (χ3n) is 6.53. The Labute approximate surface area is 259 Å². The first-order valence-corrected chi connectivity index (χ1v) is 14.5. The molecule has 5 rings (SSSR count). The molecule has 0 unspecified atom stereocenters. The zero-order valence-corrected chi connectivity index (χ0v) is 24.8. The van der Waals surface area contributed by atoms with Crippen LogP contribution in [0.3, 0.4) is 0 Å². The van der Waals surface area contributed by atoms with Gasteiger partial charge in [0.2, 0.25) is 5.91 Å². The highest BCUT2D eigenvalue weighted by molar-refractivity contribution is 8.15. The number of urea groups is 1. The van der Waals surface area contributed by atoms with Gasteiger partial charge in [-0.2, -0.15) is 10.1 Å². The molecule has 1 saturated heterocycles. The number of hydrogen-bond acceptors (Lipinski definition) is 7. The number of alkyl halides is 3. The van der Waals surface area contributed by atoms with E-state index in [1.807, 2.05) is 25.1 Å². The molecule has 0 saturated carbocycles. The van der Waals surface area contributed by atoms with Crippen LogP contribution in [0.1, 0.15) is 22.5 Å². The fraction of sp³-hybridized carbons (Fsp3) is 0.233. The molecule has 1 N–H and O–H groups in total. The Morgan fingerprint density at radius 3 is 2.58 bits per heavy atom. The molecule has 4 aromatic rings. The van der Waals surface area contributed by atoms with Gasteiger partial charge < -0.3 is 14.8 Å². The summed E-state index contributed by atoms with van der Waals surface area (Å²) in [5.41, 5.74) is 3.26. The van der Waals surface area contributed by atoms with E-state index in [0.29, 0.717) is 35.6 Å². The summed E-state index contributed by atoms with van der Waals surface area (Å²) in [6, 6.07) is 14.2. The van der Waals surface area contributed by atoms with Crippen molar-refractivity contribution in [1.29, 1.82) is 0 Å². The minimum Gasteiger partial charge on any atom is -0.406 e. The number of halogens is 4. The quantitative estimate of drug-likeness (QED) is 0.216. The predicted octanol–water partition coefficient (Wildman–Crippen LogP) is 6.21. The van der Waals surface area contributed by atoms with Crippen LogP contribution >= 0.6 is 11.8 Å². The van der Waals surface area contributed by atoms with Crippen LogP contribution in [0.2, 0.25) is 0 Å². The lowest BCUT2D eigenvalue weighted by atomic mass is 10.1. The van der Waals surface area contributed by atoms with Gasteiger partial charge in [-0.05, 0) is 66.9 Å². The number of rotatable bonds is 9. The number of benzene rings is 3. The van der Waals surface area contributed by atoms with E-state index in [0.717, 1.165) is 22.9 Å². The number of nitrogens with zero attached hydrogens (tertiary/aromatic N) is 5. The summed E-state index contributed by atoms with van der Waals surface area (Å²) >= 11 is 1.11. The molecular weight excluding hydrogens is 616 g/mol. The summed E-state index contributed by atoms with van der Waals surface area (Å²) in [6.07, 6.45) is -2.63. The molecule has 3 amide bonds. The summed E-state index contributed by atoms with van der Waals surface area (Å²) in [5, 5.41) is 6.93. The number of aliphatic imine (C=N–C) groups is 1. The average Bonchev–Trinajstić information content (AvgIpc) is 3.60. The van der Waals surface area contributed by atoms with Gasteiger partial charge in [0.1, 0.15) is 17.9 Å². The fourth-order valence-electron chi connectivity index (χ4n) is 4.48. The second-order valence-corrected chi connectivity index (χ2v) is 10.8. The summed E-state index contributed by atoms with van der Waals surface area (Å²) in [4.78, 5) is 35.1. The Bertz CT molecular complexity index is 1740. The summed E-state index contributed by atoms with van der Waals surface area (Å²) in [7, 11) is 1.54. The van der Waals surface area contributed by atoms with E-state index in [2.05, 4.69) is 25.1 Å². The van der Waals surface area contributed by atoms with Crippen molar-refractivity contribution in [1.82, 2.24) is 14.8 Å². The summed E-state index contributed by atoms with van der Waals surface area (Å²) in [5.74, 6) is -0.721. The molecule has 10 nitrogen and oxygen atoms in total. The molecule has 45 heavy (non-hydrogen) atoms. The summed E-state index contributed by atoms with van der Waals surface area (Å²) < 4.78 is 62.6. The number of methoxy groups -OCH3 is 1. The highest BCUT2D eigenvalue weighted by Crippen LogP contribution is 2.31. The molecule has 0 bridgehead atoms. The molecule has 1 aromatic heterocycles. The van der Waals surface area contributed by atoms with Crippen LogP contribution in [0.25, 0.3) is 5.69 Å². The number of nitrogens with one attached hydrogen (secondary N) is 1. The Hall–Kier alpha value is -4.76. The maximum Gasteiger partial charge on any atom is 0.573 e. The highest BCUT2D eigenvalue weighted by Gasteiger charge is 2.32. The van der Waals surface area contributed by atoms with E-state index >= 15 is 0 Å². The number of thioether (sulfide) groups is 1. The predicted molar refractivity (Wildman–Crippen MR) is 160 cm³/mol. The maximum absolute atomic E-state index is 14.9. The average molecular weight is 643 g/mol. The molecule has 0 radical (unpaired) electrons. The van der Waals surface area contributed by atoms with Crippen molar-refractivity contribution in [2.45, 2.75) is 32.7 Å². The van der Waals surface area contributed by atoms with E-state index in [1.54, 1.807) is 13.2 Å². The smallest absolute Gasteiger partial charge is 0.406 e. The lowest BCUT2D eigenvalue weighted by Gasteiger charge is -2.20. The Balaban J connectivity index is 1.21. The van der Waals surface area contributed by atoms with Crippen molar-refractivity contribution in [2.75, 3.05) is 23.1 Å². The number of carbonyl (C=O) groups is 2. The first-order chi connectivity index (χ1) is 21.5. The van der Waals surface area contributed by atoms with Gasteiger partial charge in [0.25, 0.3) is 0 Å². The van der Waals surface area contributed by atoms with Crippen LogP contribution in [0.15, 0.2) is 72.0 Å². The Kier molecular flexibility index (Phi) is 9.48. The van der Waals surface area contributed by atoms with Gasteiger partial charge >= 0.3 is 12.4 Å². The summed E-state index contributed by atoms with van der Waals surface area (Å²) in [6.45, 7) is 2.15. The van der Waals surface area contributed by atoms with Crippen molar-refractivity contribution in [3.8, 4) is 11.4 Å². The fourth-order valence-corrected chi connectivity index (χ4v) is 5.34. The molecule has 1 aliphatic rings. The third kappa shape index (κ3) is 8.05. The van der Waals surface area contributed by atoms with Crippen molar-refractivity contribution in [2.24, 2.45) is 4.99 Å². The lowest BCUT2D eigenvalue weighted by Crippen LogP contribution is -2.31. The van der Waals surface area contributed by atoms with Gasteiger partial charge in [-0.25, -0.2) is 18.9 Å². The first-order valence-electron chi connectivity index (χ1n) is 13.5. The van der Waals surface area contributed by atoms with E-state index in [4.69, 9.17) is 4.74 Å². The molecule has 0 spiro atoms. The van der Waals surface area contributed by atoms with Gasteiger partial charge in [0.15, 0.2) is 11.0 Å². The van der Waals surface area contributed by atoms with Crippen LogP contribution in [0.5, 0.6) is 5.75 Å². The second-order valence-electron chi connectivity index (χ2n) is 9.87. The standard InChI is InChI=1S/C30H26F4N6O4S/c1-18-3-6-20(15-43-2)25(13-18)40-27(41)16-45-29(40)37-28(42)36-24-11-4-19(14-23(24)31)5-12-26-35-17-39(38-26)21-7-9-22(10-8-21)44-30(32,33)34/h3-4,6-11,13-14,17H,5,12,15-16H2,1-2H3,(H,36,42). The van der Waals surface area contributed by atoms with Crippen LogP contribution in [0, 0.1) is 12.7 Å². The highest BCUT2D eigenvalue weighted by atomic mass is 32.2. The minimum atomic E-state index is -4.78. The monoisotopic (exact) mass is 642 g/mol. The zero-order valence-electron chi connectivity index (χ0n) is 24.0. The zero-order chi connectivity index (χ0) is 32.1. The topological polar surface area (TPSA) is 111 Å². The first kappa shape index (κ1) is 31.7. The van der Waals surface area contributed by atoms with E-state index in [9.17, 15) is 27.2 Å². The van der Waals surface area contributed by atoms with Crippen molar-refractivity contribution < 1.29 is 36.6 Å². The molecular formula is C30H26F4N6O4S. The van der Waals surface area contributed by atoms with Crippen LogP contribution < -0.4 is 15.0 Å². The molecule has 234 valence electrons. The SMILES string of the molecule is COCc1ccc(C)cc1N1C(=O)CSC1=NC(=O)Nc1ccc(CCc2ncn(-c3ccc(OC(F)(F)F)cc3)n2)cc1F. The van der Waals surface area contributed by atoms with Crippen LogP contribution in [0.4, 0.5) is 33.7 Å². The third-order valence-corrected chi connectivity index (χ3v) is 7.45. The molecule has 3 aromatic carbocycles. The molecule has 1 aliphatic heterocycles. The van der Waals surface area contributed by atoms with Gasteiger partial charge in [-0.15, -0.1) is 13.2 Å². The van der Waals surface area contributed by atoms with E-state index in [1.165, 1.54) is 52.3 Å². The normalized spacial score (nSPS) is 14.3. The number of carbonyl (C=O) groups excluding carboxylic acids is 2. The van der Waals surface area contributed by atoms with Gasteiger partial charge in [-0.3, -0.25) is 9.69 Å². The molecule has 2 heterocycles. The largest absolute Gasteiger partial charge is 0.573 e. The number of ether oxygens (including phenoxy) is 2.